The van der Waals surface area contributed by atoms with Crippen LogP contribution in [-0.2, 0) is 9.53 Å². The van der Waals surface area contributed by atoms with Gasteiger partial charge in [-0.05, 0) is 6.92 Å². The lowest BCUT2D eigenvalue weighted by Gasteiger charge is -2.37. The first-order chi connectivity index (χ1) is 8.35. The molecule has 2 fully saturated rings. The predicted octanol–water partition coefficient (Wildman–Crippen LogP) is -2.08. The molecule has 0 spiro atoms. The van der Waals surface area contributed by atoms with E-state index in [0.717, 1.165) is 11.4 Å². The summed E-state index contributed by atoms with van der Waals surface area (Å²) in [5.74, 6) is -0.819. The number of amides is 3. The van der Waals surface area contributed by atoms with Crippen LogP contribution in [0.25, 0.3) is 0 Å². The lowest BCUT2D eigenvalue weighted by Crippen LogP contribution is -2.62. The van der Waals surface area contributed by atoms with Crippen molar-refractivity contribution < 1.29 is 29.6 Å². The summed E-state index contributed by atoms with van der Waals surface area (Å²) in [6.45, 7) is 1.91. The molecule has 2 heterocycles. The molecule has 0 aromatic carbocycles. The standard InChI is InChI=1S/C10H15N2O6/c1-10(17)4-12(9(16)11-8(10)15)7-2-5(14)6(3-13)18-7/h4-7,13-14,17H,2-3H2,1H3,(H,11,15,16)/t5-,6+,7+,10?/m0/s1. The molecule has 4 atom stereocenters. The molecule has 8 heteroatoms. The highest BCUT2D eigenvalue weighted by Crippen LogP contribution is 2.28. The van der Waals surface area contributed by atoms with E-state index in [2.05, 4.69) is 0 Å². The summed E-state index contributed by atoms with van der Waals surface area (Å²) in [5.41, 5.74) is -1.82. The molecule has 18 heavy (non-hydrogen) atoms. The van der Waals surface area contributed by atoms with E-state index in [1.165, 1.54) is 6.92 Å². The van der Waals surface area contributed by atoms with Gasteiger partial charge in [-0.3, -0.25) is 15.0 Å². The van der Waals surface area contributed by atoms with E-state index in [9.17, 15) is 19.8 Å². The van der Waals surface area contributed by atoms with Gasteiger partial charge in [0.25, 0.3) is 5.91 Å². The van der Waals surface area contributed by atoms with Crippen LogP contribution in [0.1, 0.15) is 13.3 Å². The first-order valence-corrected chi connectivity index (χ1v) is 5.51. The number of urea groups is 1. The molecule has 4 N–H and O–H groups in total. The van der Waals surface area contributed by atoms with Crippen molar-refractivity contribution in [3.63, 3.8) is 0 Å². The first kappa shape index (κ1) is 13.2. The normalized spacial score (nSPS) is 41.1. The van der Waals surface area contributed by atoms with Crippen molar-refractivity contribution in [1.82, 2.24) is 10.2 Å². The van der Waals surface area contributed by atoms with E-state index < -0.39 is 36.0 Å². The molecule has 1 radical (unpaired) electrons. The summed E-state index contributed by atoms with van der Waals surface area (Å²) >= 11 is 0. The molecular weight excluding hydrogens is 244 g/mol. The molecule has 0 aromatic heterocycles. The number of aliphatic hydroxyl groups excluding tert-OH is 2. The van der Waals surface area contributed by atoms with E-state index in [4.69, 9.17) is 9.84 Å². The lowest BCUT2D eigenvalue weighted by molar-refractivity contribution is -0.141. The van der Waals surface area contributed by atoms with Crippen molar-refractivity contribution in [2.75, 3.05) is 6.61 Å². The van der Waals surface area contributed by atoms with Crippen molar-refractivity contribution in [2.24, 2.45) is 0 Å². The topological polar surface area (TPSA) is 119 Å². The zero-order chi connectivity index (χ0) is 13.5. The summed E-state index contributed by atoms with van der Waals surface area (Å²) < 4.78 is 5.27. The number of carbonyl (C=O) groups excluding carboxylic acids is 2. The monoisotopic (exact) mass is 259 g/mol. The van der Waals surface area contributed by atoms with Gasteiger partial charge in [0.05, 0.1) is 19.3 Å². The van der Waals surface area contributed by atoms with E-state index in [0.29, 0.717) is 0 Å². The SMILES string of the molecule is CC1(O)[CH]N([C@H]2C[C@H](O)[C@@H](CO)O2)C(=O)NC1=O. The van der Waals surface area contributed by atoms with E-state index >= 15 is 0 Å². The minimum Gasteiger partial charge on any atom is -0.394 e. The minimum absolute atomic E-state index is 0.0966. The highest BCUT2D eigenvalue weighted by molar-refractivity contribution is 6.02. The Morgan fingerprint density at radius 2 is 2.28 bits per heavy atom. The van der Waals surface area contributed by atoms with Gasteiger partial charge in [-0.25, -0.2) is 4.79 Å². The Bertz CT molecular complexity index is 371. The Labute approximate surface area is 103 Å². The number of hydrogen-bond donors (Lipinski definition) is 4. The Kier molecular flexibility index (Phi) is 3.28. The molecule has 0 bridgehead atoms. The fraction of sp³-hybridized carbons (Fsp3) is 0.700. The van der Waals surface area contributed by atoms with Crippen LogP contribution in [0.3, 0.4) is 0 Å². The quantitative estimate of drug-likeness (QED) is 0.452. The molecule has 2 aliphatic heterocycles. The number of nitrogens with one attached hydrogen (secondary N) is 1. The largest absolute Gasteiger partial charge is 0.394 e. The van der Waals surface area contributed by atoms with Crippen LogP contribution in [0.2, 0.25) is 0 Å². The molecule has 0 saturated carbocycles. The maximum atomic E-state index is 11.6. The van der Waals surface area contributed by atoms with Gasteiger partial charge in [-0.1, -0.05) is 0 Å². The number of imide groups is 1. The predicted molar refractivity (Wildman–Crippen MR) is 56.7 cm³/mol. The number of nitrogens with zero attached hydrogens (tertiary/aromatic N) is 1. The number of hydrogen-bond acceptors (Lipinski definition) is 6. The minimum atomic E-state index is -1.82. The Morgan fingerprint density at radius 1 is 1.61 bits per heavy atom. The van der Waals surface area contributed by atoms with Gasteiger partial charge in [0, 0.05) is 6.42 Å². The first-order valence-electron chi connectivity index (χ1n) is 5.51. The second kappa shape index (κ2) is 4.47. The van der Waals surface area contributed by atoms with E-state index in [-0.39, 0.29) is 13.0 Å². The fourth-order valence-corrected chi connectivity index (χ4v) is 1.94. The molecule has 2 aliphatic rings. The summed E-state index contributed by atoms with van der Waals surface area (Å²) in [6, 6.07) is -0.734. The molecule has 0 aromatic rings. The van der Waals surface area contributed by atoms with Crippen LogP contribution >= 0.6 is 0 Å². The third-order valence-corrected chi connectivity index (χ3v) is 3.00. The maximum absolute atomic E-state index is 11.6. The van der Waals surface area contributed by atoms with Crippen LogP contribution < -0.4 is 5.32 Å². The van der Waals surface area contributed by atoms with E-state index in [1.54, 1.807) is 0 Å². The van der Waals surface area contributed by atoms with Crippen LogP contribution in [0, 0.1) is 6.54 Å². The number of carbonyl (C=O) groups is 2. The highest BCUT2D eigenvalue weighted by Gasteiger charge is 2.47. The van der Waals surface area contributed by atoms with Gasteiger partial charge < -0.3 is 20.1 Å². The van der Waals surface area contributed by atoms with Gasteiger partial charge in [-0.2, -0.15) is 0 Å². The third-order valence-electron chi connectivity index (χ3n) is 3.00. The zero-order valence-corrected chi connectivity index (χ0v) is 9.74. The average Bonchev–Trinajstić information content (AvgIpc) is 2.65. The molecule has 2 saturated heterocycles. The fourth-order valence-electron chi connectivity index (χ4n) is 1.94. The second-order valence-electron chi connectivity index (χ2n) is 4.56. The van der Waals surface area contributed by atoms with Gasteiger partial charge in [0.1, 0.15) is 12.3 Å². The van der Waals surface area contributed by atoms with Gasteiger partial charge in [0.2, 0.25) is 0 Å². The molecule has 101 valence electrons. The Hall–Kier alpha value is -1.22. The van der Waals surface area contributed by atoms with Crippen LogP contribution in [0.5, 0.6) is 0 Å². The Balaban J connectivity index is 2.10. The van der Waals surface area contributed by atoms with Gasteiger partial charge >= 0.3 is 6.03 Å². The molecule has 8 nitrogen and oxygen atoms in total. The van der Waals surface area contributed by atoms with E-state index in [1.807, 2.05) is 5.32 Å². The number of aliphatic hydroxyl groups is 3. The number of ether oxygens (including phenoxy) is 1. The smallest absolute Gasteiger partial charge is 0.326 e. The van der Waals surface area contributed by atoms with Crippen molar-refractivity contribution >= 4 is 11.9 Å². The summed E-state index contributed by atoms with van der Waals surface area (Å²) in [5, 5.41) is 30.3. The van der Waals surface area contributed by atoms with Crippen LogP contribution in [0.4, 0.5) is 4.79 Å². The van der Waals surface area contributed by atoms with Gasteiger partial charge in [-0.15, -0.1) is 0 Å². The van der Waals surface area contributed by atoms with Crippen LogP contribution in [0.15, 0.2) is 0 Å². The average molecular weight is 259 g/mol. The molecule has 1 unspecified atom stereocenters. The summed E-state index contributed by atoms with van der Waals surface area (Å²) in [7, 11) is 0. The van der Waals surface area contributed by atoms with Crippen molar-refractivity contribution in [3.05, 3.63) is 6.54 Å². The molecule has 0 aliphatic carbocycles. The summed E-state index contributed by atoms with van der Waals surface area (Å²) in [4.78, 5) is 23.9. The Morgan fingerprint density at radius 3 is 2.83 bits per heavy atom. The molecular formula is C10H15N2O6. The lowest BCUT2D eigenvalue weighted by atomic mass is 10.0. The number of rotatable bonds is 2. The van der Waals surface area contributed by atoms with Crippen LogP contribution in [-0.4, -0.2) is 62.8 Å². The van der Waals surface area contributed by atoms with Gasteiger partial charge in [0.15, 0.2) is 5.60 Å². The molecule has 2 rings (SSSR count). The second-order valence-corrected chi connectivity index (χ2v) is 4.56. The molecule has 3 amide bonds. The highest BCUT2D eigenvalue weighted by atomic mass is 16.5. The summed E-state index contributed by atoms with van der Waals surface area (Å²) in [6.07, 6.45) is -2.40. The third kappa shape index (κ3) is 2.19. The van der Waals surface area contributed by atoms with Crippen molar-refractivity contribution in [1.29, 1.82) is 0 Å². The maximum Gasteiger partial charge on any atom is 0.326 e. The van der Waals surface area contributed by atoms with Crippen molar-refractivity contribution in [2.45, 2.75) is 37.4 Å². The zero-order valence-electron chi connectivity index (χ0n) is 9.74. The van der Waals surface area contributed by atoms with Crippen molar-refractivity contribution in [3.8, 4) is 0 Å².